The van der Waals surface area contributed by atoms with Crippen molar-refractivity contribution in [2.45, 2.75) is 37.5 Å². The molecule has 0 radical (unpaired) electrons. The van der Waals surface area contributed by atoms with E-state index < -0.39 is 24.2 Å². The molecule has 134 valence electrons. The predicted molar refractivity (Wildman–Crippen MR) is 93.7 cm³/mol. The molecule has 1 aliphatic rings. The zero-order valence-electron chi connectivity index (χ0n) is 14.2. The minimum Gasteiger partial charge on any atom is -0.382 e. The summed E-state index contributed by atoms with van der Waals surface area (Å²) in [4.78, 5) is 18.1. The third kappa shape index (κ3) is 2.99. The second-order valence-electron chi connectivity index (χ2n) is 6.55. The van der Waals surface area contributed by atoms with Gasteiger partial charge in [0, 0.05) is 24.0 Å². The number of hydrogen-bond acceptors (Lipinski definition) is 4. The van der Waals surface area contributed by atoms with E-state index >= 15 is 0 Å². The molecule has 0 atom stereocenters. The summed E-state index contributed by atoms with van der Waals surface area (Å²) in [5.74, 6) is -2.28. The summed E-state index contributed by atoms with van der Waals surface area (Å²) in [6.07, 6.45) is 2.03. The topological polar surface area (TPSA) is 95.6 Å². The minimum absolute atomic E-state index is 0.167. The maximum Gasteiger partial charge on any atom is 0.250 e. The molecule has 7 heteroatoms. The van der Waals surface area contributed by atoms with Gasteiger partial charge in [-0.25, -0.2) is 13.8 Å². The Kier molecular flexibility index (Phi) is 4.36. The second kappa shape index (κ2) is 6.37. The number of aromatic amines is 1. The number of anilines is 1. The van der Waals surface area contributed by atoms with Gasteiger partial charge in [-0.3, -0.25) is 4.79 Å². The van der Waals surface area contributed by atoms with Gasteiger partial charge >= 0.3 is 0 Å². The first-order valence-electron chi connectivity index (χ1n) is 8.24. The van der Waals surface area contributed by atoms with E-state index in [1.54, 1.807) is 30.3 Å². The maximum atomic E-state index is 13.8. The number of alkyl halides is 2. The average Bonchev–Trinajstić information content (AvgIpc) is 2.98. The lowest BCUT2D eigenvalue weighted by Crippen LogP contribution is -2.50. The van der Waals surface area contributed by atoms with Crippen LogP contribution in [0, 0.1) is 11.3 Å². The molecule has 1 heterocycles. The van der Waals surface area contributed by atoms with Gasteiger partial charge in [0.15, 0.2) is 0 Å². The van der Waals surface area contributed by atoms with Crippen LogP contribution in [0.25, 0.3) is 6.08 Å². The van der Waals surface area contributed by atoms with Crippen LogP contribution in [0.4, 0.5) is 14.6 Å². The fraction of sp³-hybridized carbons (Fsp3) is 0.316. The van der Waals surface area contributed by atoms with Crippen molar-refractivity contribution < 1.29 is 13.6 Å². The summed E-state index contributed by atoms with van der Waals surface area (Å²) in [6.45, 7) is 1.84. The number of nitrogen functional groups attached to an aromatic ring is 1. The fourth-order valence-electron chi connectivity index (χ4n) is 3.34. The molecule has 3 N–H and O–H groups in total. The summed E-state index contributed by atoms with van der Waals surface area (Å²) in [7, 11) is 0. The number of nitrogens with zero attached hydrogens (tertiary/aromatic N) is 2. The number of nitrogens with two attached hydrogens (primary N) is 1. The molecule has 2 aromatic rings. The summed E-state index contributed by atoms with van der Waals surface area (Å²) >= 11 is 0. The van der Waals surface area contributed by atoms with Gasteiger partial charge in [0.25, 0.3) is 5.92 Å². The van der Waals surface area contributed by atoms with E-state index in [1.165, 1.54) is 0 Å². The van der Waals surface area contributed by atoms with E-state index in [1.807, 2.05) is 6.92 Å². The quantitative estimate of drug-likeness (QED) is 0.628. The summed E-state index contributed by atoms with van der Waals surface area (Å²) in [5, 5.41) is 9.08. The lowest BCUT2D eigenvalue weighted by atomic mass is 9.61. The molecule has 1 saturated carbocycles. The molecular weight excluding hydrogens is 338 g/mol. The second-order valence-corrected chi connectivity index (χ2v) is 6.55. The van der Waals surface area contributed by atoms with Gasteiger partial charge in [-0.1, -0.05) is 31.2 Å². The number of benzene rings is 1. The van der Waals surface area contributed by atoms with Gasteiger partial charge in [0.2, 0.25) is 0 Å². The number of H-pyrrole nitrogens is 1. The average molecular weight is 356 g/mol. The smallest absolute Gasteiger partial charge is 0.250 e. The number of carbonyl (C=O) groups excluding carboxylic acids is 1. The minimum atomic E-state index is -2.79. The number of imidazole rings is 1. The van der Waals surface area contributed by atoms with Gasteiger partial charge in [-0.2, -0.15) is 5.26 Å². The van der Waals surface area contributed by atoms with Crippen molar-refractivity contribution in [3.8, 4) is 6.07 Å². The number of nitriles is 1. The third-order valence-electron chi connectivity index (χ3n) is 4.78. The van der Waals surface area contributed by atoms with E-state index in [4.69, 9.17) is 11.0 Å². The Hall–Kier alpha value is -3.01. The molecular formula is C19H18F2N4O. The first-order chi connectivity index (χ1) is 12.3. The molecule has 0 unspecified atom stereocenters. The standard InChI is InChI=1S/C19H18F2N4O/c1-2-12(8-22)7-15-16(23)25-17(24-15)18(10-19(20,21)11-18)14-5-3-13(9-26)4-6-14/h3-7,9H,2,10-11,23H2,1H3,(H,24,25)/b12-7+. The summed E-state index contributed by atoms with van der Waals surface area (Å²) in [5.41, 5.74) is 7.01. The molecule has 0 amide bonds. The SMILES string of the molecule is CC/C(C#N)=C\c1[nH]c(C2(c3ccc(C=O)cc3)CC(F)(F)C2)nc1N. The summed E-state index contributed by atoms with van der Waals surface area (Å²) in [6, 6.07) is 8.59. The van der Waals surface area contributed by atoms with Crippen LogP contribution in [-0.4, -0.2) is 22.2 Å². The van der Waals surface area contributed by atoms with E-state index in [0.29, 0.717) is 40.9 Å². The third-order valence-corrected chi connectivity index (χ3v) is 4.78. The van der Waals surface area contributed by atoms with Crippen LogP contribution in [0.1, 0.15) is 53.6 Å². The normalized spacial score (nSPS) is 18.0. The number of allylic oxidation sites excluding steroid dienone is 1. The van der Waals surface area contributed by atoms with Crippen molar-refractivity contribution >= 4 is 18.2 Å². The van der Waals surface area contributed by atoms with Crippen molar-refractivity contribution in [3.05, 3.63) is 52.5 Å². The molecule has 3 rings (SSSR count). The van der Waals surface area contributed by atoms with E-state index in [9.17, 15) is 13.6 Å². The number of rotatable bonds is 5. The van der Waals surface area contributed by atoms with Crippen LogP contribution in [0.15, 0.2) is 29.8 Å². The lowest BCUT2D eigenvalue weighted by Gasteiger charge is -2.46. The zero-order valence-corrected chi connectivity index (χ0v) is 14.2. The van der Waals surface area contributed by atoms with Crippen LogP contribution in [0.2, 0.25) is 0 Å². The lowest BCUT2D eigenvalue weighted by molar-refractivity contribution is -0.115. The molecule has 1 aromatic heterocycles. The number of aldehydes is 1. The molecule has 0 bridgehead atoms. The monoisotopic (exact) mass is 356 g/mol. The van der Waals surface area contributed by atoms with Crippen molar-refractivity contribution in [3.63, 3.8) is 0 Å². The van der Waals surface area contributed by atoms with Gasteiger partial charge in [-0.05, 0) is 18.1 Å². The number of nitrogens with one attached hydrogen (secondary N) is 1. The highest BCUT2D eigenvalue weighted by atomic mass is 19.3. The molecule has 1 aliphatic carbocycles. The predicted octanol–water partition coefficient (Wildman–Crippen LogP) is 3.84. The zero-order chi connectivity index (χ0) is 18.9. The van der Waals surface area contributed by atoms with Crippen LogP contribution >= 0.6 is 0 Å². The van der Waals surface area contributed by atoms with Crippen LogP contribution in [0.5, 0.6) is 0 Å². The van der Waals surface area contributed by atoms with Crippen molar-refractivity contribution in [2.75, 3.05) is 5.73 Å². The molecule has 5 nitrogen and oxygen atoms in total. The first kappa shape index (κ1) is 17.8. The van der Waals surface area contributed by atoms with E-state index in [2.05, 4.69) is 16.0 Å². The number of carbonyl (C=O) groups is 1. The molecule has 0 spiro atoms. The number of halogens is 2. The largest absolute Gasteiger partial charge is 0.382 e. The Morgan fingerprint density at radius 3 is 2.54 bits per heavy atom. The van der Waals surface area contributed by atoms with E-state index in [-0.39, 0.29) is 5.82 Å². The highest BCUT2D eigenvalue weighted by Crippen LogP contribution is 2.56. The van der Waals surface area contributed by atoms with Gasteiger partial charge in [0.05, 0.1) is 17.2 Å². The highest BCUT2D eigenvalue weighted by Gasteiger charge is 2.60. The van der Waals surface area contributed by atoms with Gasteiger partial charge < -0.3 is 10.7 Å². The van der Waals surface area contributed by atoms with Gasteiger partial charge in [0.1, 0.15) is 17.9 Å². The van der Waals surface area contributed by atoms with Gasteiger partial charge in [-0.15, -0.1) is 0 Å². The van der Waals surface area contributed by atoms with Crippen molar-refractivity contribution in [2.24, 2.45) is 0 Å². The molecule has 1 fully saturated rings. The molecule has 1 aromatic carbocycles. The highest BCUT2D eigenvalue weighted by molar-refractivity contribution is 5.74. The molecule has 26 heavy (non-hydrogen) atoms. The maximum absolute atomic E-state index is 13.8. The fourth-order valence-corrected chi connectivity index (χ4v) is 3.34. The molecule has 0 aliphatic heterocycles. The Morgan fingerprint density at radius 2 is 2.04 bits per heavy atom. The van der Waals surface area contributed by atoms with Crippen LogP contribution in [-0.2, 0) is 5.41 Å². The number of aromatic nitrogens is 2. The Balaban J connectivity index is 2.06. The number of hydrogen-bond donors (Lipinski definition) is 2. The van der Waals surface area contributed by atoms with Crippen molar-refractivity contribution in [1.29, 1.82) is 5.26 Å². The van der Waals surface area contributed by atoms with Crippen molar-refractivity contribution in [1.82, 2.24) is 9.97 Å². The Morgan fingerprint density at radius 1 is 1.38 bits per heavy atom. The summed E-state index contributed by atoms with van der Waals surface area (Å²) < 4.78 is 27.6. The Labute approximate surface area is 149 Å². The Bertz CT molecular complexity index is 899. The molecule has 0 saturated heterocycles. The van der Waals surface area contributed by atoms with Crippen LogP contribution < -0.4 is 5.73 Å². The first-order valence-corrected chi connectivity index (χ1v) is 8.24. The van der Waals surface area contributed by atoms with Crippen LogP contribution in [0.3, 0.4) is 0 Å². The van der Waals surface area contributed by atoms with E-state index in [0.717, 1.165) is 0 Å².